The Balaban J connectivity index is 1.50. The third-order valence-electron chi connectivity index (χ3n) is 4.28. The van der Waals surface area contributed by atoms with E-state index in [9.17, 15) is 0 Å². The Labute approximate surface area is 127 Å². The van der Waals surface area contributed by atoms with Crippen LogP contribution < -0.4 is 5.32 Å². The highest BCUT2D eigenvalue weighted by atomic mass is 15.1. The summed E-state index contributed by atoms with van der Waals surface area (Å²) in [6.07, 6.45) is 6.58. The molecule has 1 aliphatic heterocycles. The third kappa shape index (κ3) is 3.63. The lowest BCUT2D eigenvalue weighted by molar-refractivity contribution is 0.179. The van der Waals surface area contributed by atoms with Crippen molar-refractivity contribution in [2.45, 2.75) is 39.3 Å². The van der Waals surface area contributed by atoms with Gasteiger partial charge in [0.15, 0.2) is 0 Å². The second-order valence-corrected chi connectivity index (χ2v) is 6.53. The fourth-order valence-corrected chi connectivity index (χ4v) is 3.20. The van der Waals surface area contributed by atoms with Gasteiger partial charge in [-0.05, 0) is 44.0 Å². The minimum absolute atomic E-state index is 0.641. The van der Waals surface area contributed by atoms with Crippen LogP contribution in [0.5, 0.6) is 0 Å². The van der Waals surface area contributed by atoms with Crippen LogP contribution in [0.3, 0.4) is 0 Å². The molecule has 1 aliphatic rings. The van der Waals surface area contributed by atoms with E-state index in [0.717, 1.165) is 18.1 Å². The van der Waals surface area contributed by atoms with Crippen LogP contribution in [0.15, 0.2) is 30.6 Å². The van der Waals surface area contributed by atoms with E-state index < -0.39 is 0 Å². The van der Waals surface area contributed by atoms with Gasteiger partial charge in [-0.3, -0.25) is 0 Å². The van der Waals surface area contributed by atoms with Gasteiger partial charge in [-0.15, -0.1) is 0 Å². The number of fused-ring (bicyclic) bond motifs is 1. The van der Waals surface area contributed by atoms with E-state index in [0.29, 0.717) is 6.04 Å². The van der Waals surface area contributed by atoms with Crippen LogP contribution in [0.2, 0.25) is 0 Å². The third-order valence-corrected chi connectivity index (χ3v) is 4.28. The predicted molar refractivity (Wildman–Crippen MR) is 86.3 cm³/mol. The maximum atomic E-state index is 4.44. The molecule has 114 valence electrons. The smallest absolute Gasteiger partial charge is 0.136 e. The van der Waals surface area contributed by atoms with Crippen molar-refractivity contribution in [2.24, 2.45) is 5.92 Å². The summed E-state index contributed by atoms with van der Waals surface area (Å²) in [5, 5.41) is 3.70. The highest BCUT2D eigenvalue weighted by Gasteiger charge is 2.19. The molecule has 0 radical (unpaired) electrons. The van der Waals surface area contributed by atoms with Gasteiger partial charge in [0.2, 0.25) is 0 Å². The Hall–Kier alpha value is -1.39. The zero-order valence-corrected chi connectivity index (χ0v) is 13.1. The summed E-state index contributed by atoms with van der Waals surface area (Å²) in [4.78, 5) is 7.04. The number of hydrogen-bond donors (Lipinski definition) is 1. The predicted octanol–water partition coefficient (Wildman–Crippen LogP) is 2.54. The first-order valence-electron chi connectivity index (χ1n) is 8.09. The Morgan fingerprint density at radius 3 is 2.86 bits per heavy atom. The summed E-state index contributed by atoms with van der Waals surface area (Å²) in [5.74, 6) is 0.771. The number of piperidine rings is 1. The number of nitrogens with one attached hydrogen (secondary N) is 1. The maximum absolute atomic E-state index is 4.44. The molecule has 1 saturated heterocycles. The van der Waals surface area contributed by atoms with Gasteiger partial charge < -0.3 is 14.6 Å². The van der Waals surface area contributed by atoms with E-state index in [-0.39, 0.29) is 0 Å². The van der Waals surface area contributed by atoms with Gasteiger partial charge in [0.05, 0.1) is 11.9 Å². The standard InChI is InChI=1S/C17H26N4/c1-14(2)13-20-9-6-15(7-10-20)18-11-16-12-19-17-5-3-4-8-21(16)17/h3-5,8,12,14-15,18H,6-7,9-11,13H2,1-2H3. The van der Waals surface area contributed by atoms with Crippen LogP contribution in [0.1, 0.15) is 32.4 Å². The van der Waals surface area contributed by atoms with Crippen molar-refractivity contribution < 1.29 is 0 Å². The summed E-state index contributed by atoms with van der Waals surface area (Å²) in [6.45, 7) is 9.19. The quantitative estimate of drug-likeness (QED) is 0.917. The molecule has 1 fully saturated rings. The summed E-state index contributed by atoms with van der Waals surface area (Å²) in [5.41, 5.74) is 2.27. The summed E-state index contributed by atoms with van der Waals surface area (Å²) in [7, 11) is 0. The molecular formula is C17H26N4. The minimum Gasteiger partial charge on any atom is -0.308 e. The van der Waals surface area contributed by atoms with Gasteiger partial charge >= 0.3 is 0 Å². The van der Waals surface area contributed by atoms with E-state index >= 15 is 0 Å². The number of nitrogens with zero attached hydrogens (tertiary/aromatic N) is 3. The summed E-state index contributed by atoms with van der Waals surface area (Å²) >= 11 is 0. The Morgan fingerprint density at radius 1 is 1.29 bits per heavy atom. The molecule has 0 bridgehead atoms. The van der Waals surface area contributed by atoms with Crippen molar-refractivity contribution in [1.29, 1.82) is 0 Å². The SMILES string of the molecule is CC(C)CN1CCC(NCc2cnc3ccccn23)CC1. The molecule has 1 N–H and O–H groups in total. The van der Waals surface area contributed by atoms with E-state index in [1.807, 2.05) is 18.3 Å². The topological polar surface area (TPSA) is 32.6 Å². The second-order valence-electron chi connectivity index (χ2n) is 6.53. The Morgan fingerprint density at radius 2 is 2.10 bits per heavy atom. The molecule has 0 aliphatic carbocycles. The molecule has 0 spiro atoms. The second kappa shape index (κ2) is 6.58. The van der Waals surface area contributed by atoms with E-state index in [1.165, 1.54) is 38.2 Å². The largest absolute Gasteiger partial charge is 0.308 e. The van der Waals surface area contributed by atoms with Gasteiger partial charge in [0, 0.05) is 25.3 Å². The van der Waals surface area contributed by atoms with Crippen molar-refractivity contribution in [3.63, 3.8) is 0 Å². The van der Waals surface area contributed by atoms with E-state index in [4.69, 9.17) is 0 Å². The molecule has 2 aromatic rings. The molecule has 21 heavy (non-hydrogen) atoms. The molecule has 4 nitrogen and oxygen atoms in total. The van der Waals surface area contributed by atoms with Gasteiger partial charge in [0.25, 0.3) is 0 Å². The molecule has 0 saturated carbocycles. The monoisotopic (exact) mass is 286 g/mol. The molecule has 0 atom stereocenters. The first-order valence-corrected chi connectivity index (χ1v) is 8.09. The fraction of sp³-hybridized carbons (Fsp3) is 0.588. The van der Waals surface area contributed by atoms with Crippen molar-refractivity contribution in [1.82, 2.24) is 19.6 Å². The van der Waals surface area contributed by atoms with E-state index in [2.05, 4.69) is 45.7 Å². The average Bonchev–Trinajstić information content (AvgIpc) is 2.89. The number of rotatable bonds is 5. The van der Waals surface area contributed by atoms with Crippen LogP contribution in [-0.2, 0) is 6.54 Å². The molecule has 0 aromatic carbocycles. The first-order chi connectivity index (χ1) is 10.2. The lowest BCUT2D eigenvalue weighted by Gasteiger charge is -2.33. The highest BCUT2D eigenvalue weighted by Crippen LogP contribution is 2.13. The van der Waals surface area contributed by atoms with Gasteiger partial charge in [-0.1, -0.05) is 19.9 Å². The van der Waals surface area contributed by atoms with Crippen molar-refractivity contribution in [3.05, 3.63) is 36.3 Å². The normalized spacial score (nSPS) is 17.9. The molecule has 3 rings (SSSR count). The van der Waals surface area contributed by atoms with Gasteiger partial charge in [-0.25, -0.2) is 4.98 Å². The molecular weight excluding hydrogens is 260 g/mol. The number of hydrogen-bond acceptors (Lipinski definition) is 3. The number of likely N-dealkylation sites (tertiary alicyclic amines) is 1. The zero-order chi connectivity index (χ0) is 14.7. The van der Waals surface area contributed by atoms with Crippen LogP contribution in [-0.4, -0.2) is 40.0 Å². The highest BCUT2D eigenvalue weighted by molar-refractivity contribution is 5.39. The lowest BCUT2D eigenvalue weighted by atomic mass is 10.0. The average molecular weight is 286 g/mol. The molecule has 3 heterocycles. The number of pyridine rings is 1. The van der Waals surface area contributed by atoms with Gasteiger partial charge in [0.1, 0.15) is 5.65 Å². The van der Waals surface area contributed by atoms with E-state index in [1.54, 1.807) is 0 Å². The van der Waals surface area contributed by atoms with Crippen LogP contribution in [0.4, 0.5) is 0 Å². The molecule has 0 amide bonds. The zero-order valence-electron chi connectivity index (χ0n) is 13.1. The Kier molecular flexibility index (Phi) is 4.56. The lowest BCUT2D eigenvalue weighted by Crippen LogP contribution is -2.43. The number of aromatic nitrogens is 2. The maximum Gasteiger partial charge on any atom is 0.136 e. The summed E-state index contributed by atoms with van der Waals surface area (Å²) in [6, 6.07) is 6.78. The Bertz CT molecular complexity index is 567. The summed E-state index contributed by atoms with van der Waals surface area (Å²) < 4.78 is 2.17. The van der Waals surface area contributed by atoms with Gasteiger partial charge in [-0.2, -0.15) is 0 Å². The van der Waals surface area contributed by atoms with Crippen molar-refractivity contribution in [3.8, 4) is 0 Å². The molecule has 4 heteroatoms. The number of imidazole rings is 1. The molecule has 2 aromatic heterocycles. The first kappa shape index (κ1) is 14.5. The van der Waals surface area contributed by atoms with Crippen molar-refractivity contribution >= 4 is 5.65 Å². The fourth-order valence-electron chi connectivity index (χ4n) is 3.20. The van der Waals surface area contributed by atoms with Crippen LogP contribution in [0.25, 0.3) is 5.65 Å². The minimum atomic E-state index is 0.641. The van der Waals surface area contributed by atoms with Crippen LogP contribution in [0, 0.1) is 5.92 Å². The van der Waals surface area contributed by atoms with Crippen molar-refractivity contribution in [2.75, 3.05) is 19.6 Å². The van der Waals surface area contributed by atoms with Crippen LogP contribution >= 0.6 is 0 Å². The molecule has 0 unspecified atom stereocenters.